The highest BCUT2D eigenvalue weighted by Gasteiger charge is 2.23. The van der Waals surface area contributed by atoms with Crippen LogP contribution in [0.25, 0.3) is 10.2 Å². The Bertz CT molecular complexity index is 817. The van der Waals surface area contributed by atoms with E-state index in [2.05, 4.69) is 26.1 Å². The molecule has 1 amide bonds. The van der Waals surface area contributed by atoms with Gasteiger partial charge < -0.3 is 5.32 Å². The predicted octanol–water partition coefficient (Wildman–Crippen LogP) is 4.12. The Balaban J connectivity index is 1.18. The summed E-state index contributed by atoms with van der Waals surface area (Å²) in [7, 11) is 0. The van der Waals surface area contributed by atoms with Gasteiger partial charge in [0.2, 0.25) is 5.91 Å². The van der Waals surface area contributed by atoms with Crippen LogP contribution in [0.5, 0.6) is 0 Å². The number of aryl methyl sites for hydroxylation is 1. The number of benzene rings is 1. The van der Waals surface area contributed by atoms with Gasteiger partial charge in [-0.3, -0.25) is 9.48 Å². The van der Waals surface area contributed by atoms with Gasteiger partial charge in [-0.15, -0.1) is 11.3 Å². The minimum atomic E-state index is 0.175. The van der Waals surface area contributed by atoms with Gasteiger partial charge in [-0.05, 0) is 56.7 Å². The number of para-hydroxylation sites is 1. The summed E-state index contributed by atoms with van der Waals surface area (Å²) in [5, 5.41) is 8.67. The molecular weight excluding hydrogens is 344 g/mol. The van der Waals surface area contributed by atoms with Crippen molar-refractivity contribution in [3.8, 4) is 0 Å². The van der Waals surface area contributed by atoms with Gasteiger partial charge >= 0.3 is 0 Å². The number of nitrogens with zero attached hydrogens (tertiary/aromatic N) is 3. The number of aromatic nitrogens is 3. The number of nitrogens with one attached hydrogen (secondary N) is 1. The third kappa shape index (κ3) is 4.12. The molecule has 0 bridgehead atoms. The fourth-order valence-corrected chi connectivity index (χ4v) is 4.72. The van der Waals surface area contributed by atoms with Crippen LogP contribution in [0.3, 0.4) is 0 Å². The van der Waals surface area contributed by atoms with Crippen molar-refractivity contribution in [1.82, 2.24) is 20.1 Å². The van der Waals surface area contributed by atoms with Gasteiger partial charge in [0.05, 0.1) is 21.3 Å². The average molecular weight is 369 g/mol. The zero-order valence-corrected chi connectivity index (χ0v) is 15.6. The van der Waals surface area contributed by atoms with Gasteiger partial charge in [0.1, 0.15) is 0 Å². The summed E-state index contributed by atoms with van der Waals surface area (Å²) in [6.07, 6.45) is 10.4. The van der Waals surface area contributed by atoms with Crippen molar-refractivity contribution < 1.29 is 4.79 Å². The van der Waals surface area contributed by atoms with E-state index in [-0.39, 0.29) is 5.91 Å². The van der Waals surface area contributed by atoms with E-state index in [1.807, 2.05) is 36.7 Å². The van der Waals surface area contributed by atoms with Crippen LogP contribution in [-0.2, 0) is 11.2 Å². The Morgan fingerprint density at radius 1 is 1.19 bits per heavy atom. The number of rotatable bonds is 6. The molecule has 136 valence electrons. The number of amides is 1. The van der Waals surface area contributed by atoms with E-state index in [1.54, 1.807) is 11.3 Å². The molecule has 0 radical (unpaired) electrons. The molecule has 2 heterocycles. The molecule has 6 heteroatoms. The van der Waals surface area contributed by atoms with Crippen LogP contribution in [0, 0.1) is 0 Å². The number of hydrogen-bond donors (Lipinski definition) is 1. The lowest BCUT2D eigenvalue weighted by molar-refractivity contribution is -0.122. The van der Waals surface area contributed by atoms with Crippen LogP contribution >= 0.6 is 11.3 Å². The lowest BCUT2D eigenvalue weighted by Crippen LogP contribution is -2.38. The highest BCUT2D eigenvalue weighted by atomic mass is 32.1. The summed E-state index contributed by atoms with van der Waals surface area (Å²) in [5.41, 5.74) is 1.06. The van der Waals surface area contributed by atoms with Crippen LogP contribution < -0.4 is 5.32 Å². The largest absolute Gasteiger partial charge is 0.353 e. The Hall–Kier alpha value is -2.21. The number of fused-ring (bicyclic) bond motifs is 1. The van der Waals surface area contributed by atoms with E-state index in [1.165, 1.54) is 4.70 Å². The van der Waals surface area contributed by atoms with E-state index < -0.39 is 0 Å². The molecule has 0 saturated heterocycles. The number of carbonyl (C=O) groups is 1. The summed E-state index contributed by atoms with van der Waals surface area (Å²) in [6, 6.07) is 11.0. The lowest BCUT2D eigenvalue weighted by atomic mass is 9.91. The van der Waals surface area contributed by atoms with Crippen molar-refractivity contribution in [2.45, 2.75) is 57.0 Å². The maximum Gasteiger partial charge on any atom is 0.220 e. The first-order chi connectivity index (χ1) is 12.8. The Morgan fingerprint density at radius 3 is 2.81 bits per heavy atom. The van der Waals surface area contributed by atoms with Crippen LogP contribution in [-0.4, -0.2) is 26.7 Å². The molecule has 0 atom stereocenters. The standard InChI is InChI=1S/C20H24N4OS/c25-19(7-3-8-20-23-17-5-1-2-6-18(17)26-20)22-15-9-11-16(12-10-15)24-14-4-13-21-24/h1-2,4-6,13-16H,3,7-12H2,(H,22,25). The summed E-state index contributed by atoms with van der Waals surface area (Å²) in [6.45, 7) is 0. The van der Waals surface area contributed by atoms with Crippen molar-refractivity contribution >= 4 is 27.5 Å². The average Bonchev–Trinajstić information content (AvgIpc) is 3.32. The zero-order valence-electron chi connectivity index (χ0n) is 14.8. The van der Waals surface area contributed by atoms with Crippen LogP contribution in [0.15, 0.2) is 42.7 Å². The highest BCUT2D eigenvalue weighted by molar-refractivity contribution is 7.18. The summed E-state index contributed by atoms with van der Waals surface area (Å²) in [5.74, 6) is 0.175. The van der Waals surface area contributed by atoms with Gasteiger partial charge in [-0.2, -0.15) is 5.10 Å². The fraction of sp³-hybridized carbons (Fsp3) is 0.450. The zero-order chi connectivity index (χ0) is 17.8. The normalized spacial score (nSPS) is 20.3. The van der Waals surface area contributed by atoms with Crippen molar-refractivity contribution in [2.75, 3.05) is 0 Å². The van der Waals surface area contributed by atoms with E-state index >= 15 is 0 Å². The third-order valence-electron chi connectivity index (χ3n) is 5.09. The van der Waals surface area contributed by atoms with Gasteiger partial charge in [0, 0.05) is 24.9 Å². The smallest absolute Gasteiger partial charge is 0.220 e. The van der Waals surface area contributed by atoms with Gasteiger partial charge in [0.15, 0.2) is 0 Å². The molecule has 0 unspecified atom stereocenters. The molecular formula is C20H24N4OS. The Morgan fingerprint density at radius 2 is 2.04 bits per heavy atom. The van der Waals surface area contributed by atoms with E-state index in [4.69, 9.17) is 0 Å². The molecule has 0 aliphatic heterocycles. The first-order valence-electron chi connectivity index (χ1n) is 9.41. The molecule has 1 N–H and O–H groups in total. The van der Waals surface area contributed by atoms with E-state index in [0.29, 0.717) is 18.5 Å². The first kappa shape index (κ1) is 17.2. The molecule has 1 fully saturated rings. The van der Waals surface area contributed by atoms with Crippen molar-refractivity contribution in [2.24, 2.45) is 0 Å². The minimum Gasteiger partial charge on any atom is -0.353 e. The highest BCUT2D eigenvalue weighted by Crippen LogP contribution is 2.28. The lowest BCUT2D eigenvalue weighted by Gasteiger charge is -2.29. The second kappa shape index (κ2) is 7.99. The summed E-state index contributed by atoms with van der Waals surface area (Å²) >= 11 is 1.73. The molecule has 26 heavy (non-hydrogen) atoms. The second-order valence-corrected chi connectivity index (χ2v) is 8.10. The number of hydrogen-bond acceptors (Lipinski definition) is 4. The predicted molar refractivity (Wildman–Crippen MR) is 104 cm³/mol. The maximum atomic E-state index is 12.2. The molecule has 1 aromatic carbocycles. The molecule has 1 aliphatic carbocycles. The second-order valence-electron chi connectivity index (χ2n) is 6.99. The first-order valence-corrected chi connectivity index (χ1v) is 10.2. The summed E-state index contributed by atoms with van der Waals surface area (Å²) < 4.78 is 3.27. The molecule has 4 rings (SSSR count). The van der Waals surface area contributed by atoms with Crippen LogP contribution in [0.1, 0.15) is 49.6 Å². The van der Waals surface area contributed by atoms with Crippen LogP contribution in [0.4, 0.5) is 0 Å². The molecule has 1 aliphatic rings. The topological polar surface area (TPSA) is 59.8 Å². The van der Waals surface area contributed by atoms with Crippen molar-refractivity contribution in [1.29, 1.82) is 0 Å². The SMILES string of the molecule is O=C(CCCc1nc2ccccc2s1)NC1CCC(n2cccn2)CC1. The number of thiazole rings is 1. The van der Waals surface area contributed by atoms with Gasteiger partial charge in [0.25, 0.3) is 0 Å². The monoisotopic (exact) mass is 368 g/mol. The fourth-order valence-electron chi connectivity index (χ4n) is 3.71. The minimum absolute atomic E-state index is 0.175. The quantitative estimate of drug-likeness (QED) is 0.712. The molecule has 3 aromatic rings. The van der Waals surface area contributed by atoms with Gasteiger partial charge in [-0.1, -0.05) is 12.1 Å². The number of carbonyl (C=O) groups excluding carboxylic acids is 1. The van der Waals surface area contributed by atoms with Gasteiger partial charge in [-0.25, -0.2) is 4.98 Å². The molecule has 2 aromatic heterocycles. The van der Waals surface area contributed by atoms with Crippen LogP contribution in [0.2, 0.25) is 0 Å². The third-order valence-corrected chi connectivity index (χ3v) is 6.19. The molecule has 5 nitrogen and oxygen atoms in total. The summed E-state index contributed by atoms with van der Waals surface area (Å²) in [4.78, 5) is 16.9. The molecule has 1 saturated carbocycles. The van der Waals surface area contributed by atoms with E-state index in [0.717, 1.165) is 49.0 Å². The maximum absolute atomic E-state index is 12.2. The van der Waals surface area contributed by atoms with Crippen molar-refractivity contribution in [3.63, 3.8) is 0 Å². The van der Waals surface area contributed by atoms with Crippen molar-refractivity contribution in [3.05, 3.63) is 47.7 Å². The van der Waals surface area contributed by atoms with E-state index in [9.17, 15) is 4.79 Å². The Kier molecular flexibility index (Phi) is 5.29. The molecule has 0 spiro atoms. The Labute approximate surface area is 157 Å².